The number of anilines is 2. The first kappa shape index (κ1) is 11.6. The molecule has 0 aliphatic carbocycles. The Morgan fingerprint density at radius 1 is 1.28 bits per heavy atom. The summed E-state index contributed by atoms with van der Waals surface area (Å²) in [4.78, 5) is 19.7. The van der Waals surface area contributed by atoms with Gasteiger partial charge >= 0.3 is 0 Å². The molecule has 0 unspecified atom stereocenters. The quantitative estimate of drug-likeness (QED) is 0.713. The number of nitrogens with zero attached hydrogens (tertiary/aromatic N) is 2. The van der Waals surface area contributed by atoms with Gasteiger partial charge in [0.1, 0.15) is 5.88 Å². The molecule has 2 aromatic heterocycles. The van der Waals surface area contributed by atoms with Crippen molar-refractivity contribution >= 4 is 70.9 Å². The van der Waals surface area contributed by atoms with Crippen LogP contribution in [0.3, 0.4) is 0 Å². The maximum absolute atomic E-state index is 11.2. The number of nitrogen functional groups attached to an aromatic ring is 1. The van der Waals surface area contributed by atoms with E-state index in [9.17, 15) is 4.79 Å². The summed E-state index contributed by atoms with van der Waals surface area (Å²) in [5, 5.41) is 3.72. The molecule has 18 heavy (non-hydrogen) atoms. The summed E-state index contributed by atoms with van der Waals surface area (Å²) < 4.78 is 2.00. The molecule has 3 aromatic rings. The van der Waals surface area contributed by atoms with E-state index in [1.165, 1.54) is 22.7 Å². The molecule has 3 N–H and O–H groups in total. The predicted molar refractivity (Wildman–Crippen MR) is 76.6 cm³/mol. The largest absolute Gasteiger partial charge is 0.375 e. The zero-order valence-electron chi connectivity index (χ0n) is 8.94. The number of nitrogens with one attached hydrogen (secondary N) is 1. The third-order valence-corrected chi connectivity index (χ3v) is 4.31. The summed E-state index contributed by atoms with van der Waals surface area (Å²) in [5.74, 6) is -0.344. The Morgan fingerprint density at radius 3 is 2.78 bits per heavy atom. The topological polar surface area (TPSA) is 80.9 Å². The Hall–Kier alpha value is -1.44. The molecule has 1 amide bonds. The van der Waals surface area contributed by atoms with Crippen molar-refractivity contribution in [3.63, 3.8) is 0 Å². The van der Waals surface area contributed by atoms with Crippen molar-refractivity contribution in [2.24, 2.45) is 0 Å². The molecule has 0 atom stereocenters. The van der Waals surface area contributed by atoms with Gasteiger partial charge in [-0.2, -0.15) is 0 Å². The van der Waals surface area contributed by atoms with Crippen LogP contribution in [0, 0.1) is 0 Å². The van der Waals surface area contributed by atoms with Gasteiger partial charge < -0.3 is 11.1 Å². The van der Waals surface area contributed by atoms with Gasteiger partial charge in [-0.15, -0.1) is 11.6 Å². The molecule has 0 spiro atoms. The van der Waals surface area contributed by atoms with E-state index in [1.807, 2.05) is 12.1 Å². The number of rotatable bonds is 2. The first-order valence-electron chi connectivity index (χ1n) is 4.98. The molecule has 0 radical (unpaired) electrons. The number of aromatic nitrogens is 2. The van der Waals surface area contributed by atoms with Gasteiger partial charge in [-0.3, -0.25) is 4.79 Å². The van der Waals surface area contributed by atoms with Crippen molar-refractivity contribution in [2.75, 3.05) is 16.9 Å². The number of thiazole rings is 2. The first-order chi connectivity index (χ1) is 8.65. The minimum atomic E-state index is -0.264. The van der Waals surface area contributed by atoms with Gasteiger partial charge in [0.2, 0.25) is 5.91 Å². The third kappa shape index (κ3) is 2.00. The van der Waals surface area contributed by atoms with Crippen LogP contribution in [0.15, 0.2) is 12.1 Å². The summed E-state index contributed by atoms with van der Waals surface area (Å²) in [7, 11) is 0. The van der Waals surface area contributed by atoms with Crippen LogP contribution >= 0.6 is 34.3 Å². The molecule has 0 saturated carbocycles. The highest BCUT2D eigenvalue weighted by Gasteiger charge is 2.10. The van der Waals surface area contributed by atoms with E-state index in [0.29, 0.717) is 10.3 Å². The van der Waals surface area contributed by atoms with Gasteiger partial charge in [0.05, 0.1) is 20.4 Å². The van der Waals surface area contributed by atoms with Crippen LogP contribution in [-0.4, -0.2) is 21.8 Å². The van der Waals surface area contributed by atoms with Crippen molar-refractivity contribution < 1.29 is 4.79 Å². The molecule has 0 aliphatic rings. The van der Waals surface area contributed by atoms with Crippen LogP contribution < -0.4 is 11.1 Å². The number of benzene rings is 1. The SMILES string of the molecule is Nc1nc2cc3nc(NC(=O)CCl)sc3cc2s1. The number of alkyl halides is 1. The zero-order valence-corrected chi connectivity index (χ0v) is 11.3. The Labute approximate surface area is 115 Å². The molecule has 8 heteroatoms. The fourth-order valence-corrected chi connectivity index (χ4v) is 3.37. The molecule has 0 bridgehead atoms. The molecule has 0 saturated heterocycles. The van der Waals surface area contributed by atoms with Crippen LogP contribution in [0.5, 0.6) is 0 Å². The van der Waals surface area contributed by atoms with Gasteiger partial charge in [-0.1, -0.05) is 22.7 Å². The third-order valence-electron chi connectivity index (χ3n) is 2.28. The number of carbonyl (C=O) groups excluding carboxylic acids is 1. The van der Waals surface area contributed by atoms with Crippen molar-refractivity contribution in [3.8, 4) is 0 Å². The van der Waals surface area contributed by atoms with Gasteiger partial charge in [-0.25, -0.2) is 9.97 Å². The maximum atomic E-state index is 11.2. The van der Waals surface area contributed by atoms with E-state index in [1.54, 1.807) is 0 Å². The Balaban J connectivity index is 2.09. The predicted octanol–water partition coefficient (Wildman–Crippen LogP) is 2.67. The fourth-order valence-electron chi connectivity index (χ4n) is 1.57. The minimum Gasteiger partial charge on any atom is -0.375 e. The van der Waals surface area contributed by atoms with Gasteiger partial charge in [0.15, 0.2) is 10.3 Å². The molecular weight excluding hydrogens is 292 g/mol. The van der Waals surface area contributed by atoms with Gasteiger partial charge in [0, 0.05) is 0 Å². The molecule has 0 aliphatic heterocycles. The fraction of sp³-hybridized carbons (Fsp3) is 0.100. The lowest BCUT2D eigenvalue weighted by Gasteiger charge is -1.94. The van der Waals surface area contributed by atoms with E-state index in [-0.39, 0.29) is 11.8 Å². The number of amides is 1. The molecular formula is C10H7ClN4OS2. The maximum Gasteiger partial charge on any atom is 0.241 e. The number of halogens is 1. The Kier molecular flexibility index (Phi) is 2.81. The molecule has 3 rings (SSSR count). The monoisotopic (exact) mass is 298 g/mol. The van der Waals surface area contributed by atoms with Crippen LogP contribution in [0.1, 0.15) is 0 Å². The van der Waals surface area contributed by atoms with E-state index >= 15 is 0 Å². The Bertz CT molecular complexity index is 700. The standard InChI is InChI=1S/C10H7ClN4OS2/c11-3-8(16)15-10-14-5-1-4-6(2-7(5)18-10)17-9(12)13-4/h1-2H,3H2,(H2,12,13)(H,14,15,16). The average molecular weight is 299 g/mol. The van der Waals surface area contributed by atoms with Crippen molar-refractivity contribution in [1.29, 1.82) is 0 Å². The van der Waals surface area contributed by atoms with Crippen LogP contribution in [-0.2, 0) is 4.79 Å². The molecule has 5 nitrogen and oxygen atoms in total. The number of fused-ring (bicyclic) bond motifs is 2. The van der Waals surface area contributed by atoms with E-state index in [2.05, 4.69) is 15.3 Å². The molecule has 92 valence electrons. The van der Waals surface area contributed by atoms with Crippen molar-refractivity contribution in [1.82, 2.24) is 9.97 Å². The second-order valence-electron chi connectivity index (χ2n) is 3.54. The van der Waals surface area contributed by atoms with Gasteiger partial charge in [0.25, 0.3) is 0 Å². The second-order valence-corrected chi connectivity index (χ2v) is 5.90. The van der Waals surface area contributed by atoms with Crippen LogP contribution in [0.2, 0.25) is 0 Å². The first-order valence-corrected chi connectivity index (χ1v) is 7.15. The van der Waals surface area contributed by atoms with E-state index in [4.69, 9.17) is 17.3 Å². The highest BCUT2D eigenvalue weighted by molar-refractivity contribution is 7.24. The highest BCUT2D eigenvalue weighted by atomic mass is 35.5. The molecule has 1 aromatic carbocycles. The number of hydrogen-bond donors (Lipinski definition) is 2. The summed E-state index contributed by atoms with van der Waals surface area (Å²) in [6.07, 6.45) is 0. The van der Waals surface area contributed by atoms with Crippen molar-refractivity contribution in [3.05, 3.63) is 12.1 Å². The lowest BCUT2D eigenvalue weighted by molar-refractivity contribution is -0.113. The average Bonchev–Trinajstić information content (AvgIpc) is 2.86. The highest BCUT2D eigenvalue weighted by Crippen LogP contribution is 2.32. The van der Waals surface area contributed by atoms with Crippen LogP contribution in [0.25, 0.3) is 20.4 Å². The molecule has 0 fully saturated rings. The lowest BCUT2D eigenvalue weighted by atomic mass is 10.3. The summed E-state index contributed by atoms with van der Waals surface area (Å²) >= 11 is 8.26. The minimum absolute atomic E-state index is 0.0803. The van der Waals surface area contributed by atoms with Crippen molar-refractivity contribution in [2.45, 2.75) is 0 Å². The summed E-state index contributed by atoms with van der Waals surface area (Å²) in [6, 6.07) is 3.84. The second kappa shape index (κ2) is 4.34. The lowest BCUT2D eigenvalue weighted by Crippen LogP contribution is -2.11. The number of hydrogen-bond acceptors (Lipinski definition) is 6. The zero-order chi connectivity index (χ0) is 12.7. The number of nitrogens with two attached hydrogens (primary N) is 1. The smallest absolute Gasteiger partial charge is 0.241 e. The van der Waals surface area contributed by atoms with Crippen LogP contribution in [0.4, 0.5) is 10.3 Å². The summed E-state index contributed by atoms with van der Waals surface area (Å²) in [5.41, 5.74) is 7.27. The normalized spacial score (nSPS) is 11.2. The molecule has 2 heterocycles. The van der Waals surface area contributed by atoms with E-state index < -0.39 is 0 Å². The Morgan fingerprint density at radius 2 is 2.00 bits per heavy atom. The number of carbonyl (C=O) groups is 1. The van der Waals surface area contributed by atoms with E-state index in [0.717, 1.165) is 20.4 Å². The van der Waals surface area contributed by atoms with Gasteiger partial charge in [-0.05, 0) is 12.1 Å². The summed E-state index contributed by atoms with van der Waals surface area (Å²) in [6.45, 7) is 0.